The van der Waals surface area contributed by atoms with E-state index in [9.17, 15) is 26.3 Å². The van der Waals surface area contributed by atoms with E-state index in [1.54, 1.807) is 25.1 Å². The van der Waals surface area contributed by atoms with Crippen LogP contribution in [0.2, 0.25) is 0 Å². The lowest BCUT2D eigenvalue weighted by atomic mass is 10.0. The number of aryl methyl sites for hydroxylation is 1. The van der Waals surface area contributed by atoms with Crippen molar-refractivity contribution in [3.05, 3.63) is 58.7 Å². The van der Waals surface area contributed by atoms with Crippen molar-refractivity contribution < 1.29 is 35.7 Å². The third kappa shape index (κ3) is 3.20. The second kappa shape index (κ2) is 5.79. The number of fused-ring (bicyclic) bond motifs is 1. The summed E-state index contributed by atoms with van der Waals surface area (Å²) < 4.78 is 85.8. The molecule has 0 spiro atoms. The largest absolute Gasteiger partial charge is 0.435 e. The fraction of sp³-hybridized carbons (Fsp3) is 0.235. The van der Waals surface area contributed by atoms with Crippen LogP contribution in [0.1, 0.15) is 22.3 Å². The molecule has 0 amide bonds. The molecule has 1 aliphatic heterocycles. The van der Waals surface area contributed by atoms with Gasteiger partial charge in [0.15, 0.2) is 6.21 Å². The molecule has 0 atom stereocenters. The number of hydrogen-bond donors (Lipinski definition) is 0. The van der Waals surface area contributed by atoms with E-state index in [1.165, 1.54) is 6.21 Å². The number of benzene rings is 2. The third-order valence-corrected chi connectivity index (χ3v) is 3.83. The lowest BCUT2D eigenvalue weighted by Crippen LogP contribution is -2.25. The number of ether oxygens (including phenoxy) is 1. The van der Waals surface area contributed by atoms with Crippen molar-refractivity contribution in [2.24, 2.45) is 0 Å². The quantitative estimate of drug-likeness (QED) is 0.506. The van der Waals surface area contributed by atoms with Gasteiger partial charge in [-0.05, 0) is 24.6 Å². The summed E-state index contributed by atoms with van der Waals surface area (Å²) in [5, 5.41) is 0. The summed E-state index contributed by atoms with van der Waals surface area (Å²) >= 11 is 0. The number of nitrogens with zero attached hydrogens (tertiary/aromatic N) is 1. The van der Waals surface area contributed by atoms with Gasteiger partial charge in [0.05, 0.1) is 11.1 Å². The van der Waals surface area contributed by atoms with Crippen LogP contribution in [-0.4, -0.2) is 17.5 Å². The zero-order chi connectivity index (χ0) is 18.4. The van der Waals surface area contributed by atoms with Crippen LogP contribution in [0, 0.1) is 6.92 Å². The molecule has 0 saturated heterocycles. The Morgan fingerprint density at radius 3 is 2.24 bits per heavy atom. The average molecular weight is 360 g/mol. The number of rotatable bonds is 1. The average Bonchev–Trinajstić information content (AvgIpc) is 2.52. The summed E-state index contributed by atoms with van der Waals surface area (Å²) in [6.07, 6.45) is -8.93. The molecule has 2 aromatic carbocycles. The highest BCUT2D eigenvalue weighted by molar-refractivity contribution is 5.82. The number of alkyl halides is 6. The predicted octanol–water partition coefficient (Wildman–Crippen LogP) is 5.15. The molecule has 8 heteroatoms. The van der Waals surface area contributed by atoms with Crippen LogP contribution in [0.15, 0.2) is 36.4 Å². The molecular formula is C17H12F6NO+. The molecular weight excluding hydrogens is 348 g/mol. The Hall–Kier alpha value is -2.51. The molecule has 0 radical (unpaired) electrons. The van der Waals surface area contributed by atoms with Gasteiger partial charge < -0.3 is 4.74 Å². The molecule has 1 heterocycles. The van der Waals surface area contributed by atoms with Crippen LogP contribution in [-0.2, 0) is 12.4 Å². The van der Waals surface area contributed by atoms with Crippen molar-refractivity contribution in [1.29, 1.82) is 0 Å². The Balaban J connectivity index is 2.22. The van der Waals surface area contributed by atoms with E-state index in [-0.39, 0.29) is 6.73 Å². The van der Waals surface area contributed by atoms with Crippen LogP contribution in [0.4, 0.5) is 32.0 Å². The number of halogens is 6. The zero-order valence-electron chi connectivity index (χ0n) is 12.9. The molecule has 0 bridgehead atoms. The maximum Gasteiger partial charge on any atom is 0.423 e. The first-order chi connectivity index (χ1) is 11.6. The van der Waals surface area contributed by atoms with Gasteiger partial charge >= 0.3 is 12.4 Å². The van der Waals surface area contributed by atoms with Gasteiger partial charge in [0.1, 0.15) is 11.3 Å². The van der Waals surface area contributed by atoms with Gasteiger partial charge in [0, 0.05) is 6.07 Å². The fourth-order valence-corrected chi connectivity index (χ4v) is 2.77. The van der Waals surface area contributed by atoms with Gasteiger partial charge in [-0.1, -0.05) is 18.2 Å². The highest BCUT2D eigenvalue weighted by atomic mass is 19.4. The minimum atomic E-state index is -5.16. The highest BCUT2D eigenvalue weighted by Gasteiger charge is 2.47. The Bertz CT molecular complexity index is 851. The molecule has 0 fully saturated rings. The molecule has 2 nitrogen and oxygen atoms in total. The van der Waals surface area contributed by atoms with Crippen LogP contribution < -0.4 is 4.74 Å². The van der Waals surface area contributed by atoms with Crippen LogP contribution in [0.5, 0.6) is 5.75 Å². The predicted molar refractivity (Wildman–Crippen MR) is 78.2 cm³/mol. The van der Waals surface area contributed by atoms with Crippen LogP contribution in [0.25, 0.3) is 0 Å². The summed E-state index contributed by atoms with van der Waals surface area (Å²) in [4.78, 5) is 0. The maximum absolute atomic E-state index is 13.4. The van der Waals surface area contributed by atoms with Gasteiger partial charge in [-0.25, -0.2) is 0 Å². The van der Waals surface area contributed by atoms with Crippen molar-refractivity contribution in [3.63, 3.8) is 0 Å². The van der Waals surface area contributed by atoms with Gasteiger partial charge in [-0.2, -0.15) is 30.9 Å². The Morgan fingerprint density at radius 1 is 0.920 bits per heavy atom. The standard InChI is InChI=1S/C17H12F6NO/c1-10-4-2-5-11-8-24(9-25-15(10)11)13-7-3-6-12(16(18,19)20)14(13)17(21,22)23/h2-8H,9H2,1H3/q+1. The first-order valence-corrected chi connectivity index (χ1v) is 7.20. The van der Waals surface area contributed by atoms with Gasteiger partial charge in [-0.15, -0.1) is 0 Å². The van der Waals surface area contributed by atoms with E-state index in [1.807, 2.05) is 0 Å². The first kappa shape index (κ1) is 17.3. The number of hydrogen-bond acceptors (Lipinski definition) is 1. The molecule has 3 rings (SSSR count). The van der Waals surface area contributed by atoms with Crippen molar-refractivity contribution in [2.45, 2.75) is 19.3 Å². The molecule has 0 aliphatic carbocycles. The van der Waals surface area contributed by atoms with Crippen molar-refractivity contribution >= 4 is 11.9 Å². The Kier molecular flexibility index (Phi) is 4.01. The first-order valence-electron chi connectivity index (χ1n) is 7.20. The minimum Gasteiger partial charge on any atom is -0.435 e. The molecule has 132 valence electrons. The van der Waals surface area contributed by atoms with E-state index in [0.29, 0.717) is 17.4 Å². The Labute approximate surface area is 139 Å². The Morgan fingerprint density at radius 2 is 1.60 bits per heavy atom. The van der Waals surface area contributed by atoms with E-state index in [2.05, 4.69) is 0 Å². The summed E-state index contributed by atoms with van der Waals surface area (Å²) in [6.45, 7) is 1.45. The second-order valence-corrected chi connectivity index (χ2v) is 5.56. The molecule has 0 N–H and O–H groups in total. The molecule has 2 aromatic rings. The summed E-state index contributed by atoms with van der Waals surface area (Å²) in [5.41, 5.74) is -2.76. The SMILES string of the molecule is Cc1cccc2c1OC[N+](c1cccc(C(F)(F)F)c1C(F)(F)F)=C2. The van der Waals surface area contributed by atoms with Crippen molar-refractivity contribution in [2.75, 3.05) is 6.73 Å². The monoisotopic (exact) mass is 360 g/mol. The van der Waals surface area contributed by atoms with Gasteiger partial charge in [0.25, 0.3) is 6.73 Å². The molecule has 0 aromatic heterocycles. The van der Waals surface area contributed by atoms with E-state index < -0.39 is 29.2 Å². The third-order valence-electron chi connectivity index (χ3n) is 3.83. The van der Waals surface area contributed by atoms with E-state index in [4.69, 9.17) is 4.74 Å². The van der Waals surface area contributed by atoms with Crippen molar-refractivity contribution in [3.8, 4) is 5.75 Å². The lowest BCUT2D eigenvalue weighted by molar-refractivity contribution is -0.478. The minimum absolute atomic E-state index is 0.317. The zero-order valence-corrected chi connectivity index (χ0v) is 12.9. The highest BCUT2D eigenvalue weighted by Crippen LogP contribution is 2.45. The summed E-state index contributed by atoms with van der Waals surface area (Å²) in [6, 6.07) is 7.46. The normalized spacial score (nSPS) is 14.6. The van der Waals surface area contributed by atoms with E-state index >= 15 is 0 Å². The molecule has 0 saturated carbocycles. The maximum atomic E-state index is 13.4. The second-order valence-electron chi connectivity index (χ2n) is 5.56. The van der Waals surface area contributed by atoms with Crippen LogP contribution in [0.3, 0.4) is 0 Å². The van der Waals surface area contributed by atoms with Crippen molar-refractivity contribution in [1.82, 2.24) is 0 Å². The smallest absolute Gasteiger partial charge is 0.423 e. The molecule has 25 heavy (non-hydrogen) atoms. The topological polar surface area (TPSA) is 12.2 Å². The summed E-state index contributed by atoms with van der Waals surface area (Å²) in [7, 11) is 0. The van der Waals surface area contributed by atoms with Gasteiger partial charge in [0.2, 0.25) is 5.69 Å². The fourth-order valence-electron chi connectivity index (χ4n) is 2.77. The molecule has 1 aliphatic rings. The van der Waals surface area contributed by atoms with E-state index in [0.717, 1.165) is 22.3 Å². The number of para-hydroxylation sites is 1. The van der Waals surface area contributed by atoms with Gasteiger partial charge in [-0.3, -0.25) is 0 Å². The lowest BCUT2D eigenvalue weighted by Gasteiger charge is -2.20. The molecule has 0 unspecified atom stereocenters. The summed E-state index contributed by atoms with van der Waals surface area (Å²) in [5.74, 6) is 0.499. The van der Waals surface area contributed by atoms with Crippen LogP contribution >= 0.6 is 0 Å².